The highest BCUT2D eigenvalue weighted by atomic mass is 32.1. The summed E-state index contributed by atoms with van der Waals surface area (Å²) in [6.07, 6.45) is 27.6. The number of rotatable bonds is 36. The molecule has 24 heteroatoms. The van der Waals surface area contributed by atoms with E-state index in [4.69, 9.17) is 9.26 Å². The van der Waals surface area contributed by atoms with Gasteiger partial charge in [-0.3, -0.25) is 24.8 Å². The molecule has 684 valence electrons. The van der Waals surface area contributed by atoms with E-state index in [1.54, 1.807) is 62.5 Å². The van der Waals surface area contributed by atoms with E-state index >= 15 is 0 Å². The van der Waals surface area contributed by atoms with Gasteiger partial charge < -0.3 is 24.8 Å². The first-order chi connectivity index (χ1) is 56.8. The van der Waals surface area contributed by atoms with Gasteiger partial charge in [-0.05, 0) is 240 Å². The molecule has 0 spiro atoms. The third kappa shape index (κ3) is 64.1. The van der Waals surface area contributed by atoms with Gasteiger partial charge in [0.25, 0.3) is 5.92 Å². The molecule has 0 bridgehead atoms. The van der Waals surface area contributed by atoms with Gasteiger partial charge in [0.2, 0.25) is 5.89 Å². The molecule has 2 saturated heterocycles. The number of nitrogens with one attached hydrogen (secondary N) is 2. The van der Waals surface area contributed by atoms with Crippen molar-refractivity contribution in [2.45, 2.75) is 326 Å². The van der Waals surface area contributed by atoms with E-state index in [9.17, 15) is 8.78 Å². The van der Waals surface area contributed by atoms with Crippen LogP contribution in [0.4, 0.5) is 24.2 Å². The van der Waals surface area contributed by atoms with Gasteiger partial charge in [0.05, 0.1) is 61.3 Å². The van der Waals surface area contributed by atoms with Crippen LogP contribution in [-0.4, -0.2) is 150 Å². The first kappa shape index (κ1) is 112. The van der Waals surface area contributed by atoms with Crippen LogP contribution in [-0.2, 0) is 56.2 Å². The Balaban J connectivity index is 0.000000668. The minimum atomic E-state index is -2.44. The van der Waals surface area contributed by atoms with Gasteiger partial charge >= 0.3 is 0 Å². The number of alkyl halides is 2. The zero-order valence-corrected chi connectivity index (χ0v) is 83.7. The number of nitrogens with zero attached hydrogens (tertiary/aromatic N) is 14. The highest BCUT2D eigenvalue weighted by molar-refractivity contribution is 7.14. The van der Waals surface area contributed by atoms with Crippen molar-refractivity contribution in [1.82, 2.24) is 64.8 Å². The number of likely N-dealkylation sites (tertiary alicyclic amines) is 1. The molecule has 2 fully saturated rings. The summed E-state index contributed by atoms with van der Waals surface area (Å²) in [7, 11) is 4.07. The summed E-state index contributed by atoms with van der Waals surface area (Å²) in [6.45, 7) is 66.0. The Morgan fingerprint density at radius 2 is 0.958 bits per heavy atom. The number of ether oxygens (including phenoxy) is 1. The molecule has 0 atom stereocenters. The van der Waals surface area contributed by atoms with Crippen LogP contribution in [0, 0.1) is 66.1 Å². The van der Waals surface area contributed by atoms with E-state index < -0.39 is 5.92 Å². The molecule has 18 nitrogen and oxygen atoms in total. The second-order valence-electron chi connectivity index (χ2n) is 36.8. The summed E-state index contributed by atoms with van der Waals surface area (Å²) in [5.74, 6) is 7.02. The first-order valence-electron chi connectivity index (χ1n) is 45.6. The van der Waals surface area contributed by atoms with Crippen LogP contribution in [0.25, 0.3) is 0 Å². The second-order valence-corrected chi connectivity index (χ2v) is 40.3. The zero-order chi connectivity index (χ0) is 89.8. The quantitative estimate of drug-likeness (QED) is 0.0377. The van der Waals surface area contributed by atoms with Gasteiger partial charge in [0, 0.05) is 109 Å². The van der Waals surface area contributed by atoms with E-state index in [0.29, 0.717) is 30.2 Å². The van der Waals surface area contributed by atoms with E-state index in [-0.39, 0.29) is 13.0 Å². The molecular formula is C96H170F2N16O2S4. The van der Waals surface area contributed by atoms with E-state index in [1.165, 1.54) is 91.3 Å². The van der Waals surface area contributed by atoms with Crippen molar-refractivity contribution in [2.75, 3.05) is 88.7 Å². The molecule has 8 aromatic rings. The van der Waals surface area contributed by atoms with Gasteiger partial charge in [0.1, 0.15) is 0 Å². The lowest BCUT2D eigenvalue weighted by Gasteiger charge is -2.32. The molecule has 2 aliphatic rings. The van der Waals surface area contributed by atoms with Crippen LogP contribution >= 0.6 is 45.3 Å². The fraction of sp³-hybridized carbons (Fsp3) is 0.729. The number of hydrogen-bond acceptors (Lipinski definition) is 21. The normalized spacial score (nSPS) is 13.2. The predicted molar refractivity (Wildman–Crippen MR) is 516 cm³/mol. The molecule has 0 aromatic carbocycles. The number of aryl methyl sites for hydroxylation is 9. The minimum Gasteiger partial charge on any atom is -0.379 e. The Labute approximate surface area is 746 Å². The summed E-state index contributed by atoms with van der Waals surface area (Å²) < 4.78 is 36.3. The maximum Gasteiger partial charge on any atom is 0.260 e. The molecule has 0 aliphatic carbocycles. The number of aromatic nitrogens is 11. The van der Waals surface area contributed by atoms with Gasteiger partial charge in [-0.25, -0.2) is 23.7 Å². The van der Waals surface area contributed by atoms with Crippen molar-refractivity contribution in [3.8, 4) is 0 Å². The lowest BCUT2D eigenvalue weighted by molar-refractivity contribution is -0.0645. The second kappa shape index (κ2) is 67.6. The fourth-order valence-corrected chi connectivity index (χ4v) is 14.1. The fourth-order valence-electron chi connectivity index (χ4n) is 11.0. The number of anilines is 3. The van der Waals surface area contributed by atoms with Gasteiger partial charge in [-0.15, -0.1) is 45.3 Å². The maximum absolute atomic E-state index is 12.9. The molecule has 8 aromatic heterocycles. The van der Waals surface area contributed by atoms with Crippen LogP contribution in [0.5, 0.6) is 0 Å². The smallest absolute Gasteiger partial charge is 0.260 e. The van der Waals surface area contributed by atoms with E-state index in [2.05, 4.69) is 278 Å². The van der Waals surface area contributed by atoms with E-state index in [1.807, 2.05) is 62.0 Å². The standard InChI is InChI=1S/C11H20N2S.C11H17N.C10H19F2N.C10H18N2O.2C10H18N2S.C10H15N.C9H19NO.C8H13NS.C7H13N3/c1-8(2)5-6-10-7-14-11(13-10)12-9(3)4;1-9(2)7-8-11-6-4-5-10(3)12-11;1-9(2)4-7-13-6-3-5-10(11,12)8-13;1-7(2)5-6-9-11-10(8(3)4)12-13-9;1-8(2)5-6-9-7-13-10(11-9)12(3)4;1-4-11-10-12-9(7-13-10)6-5-8(2)3;1-9(2)6-7-10-5-3-4-8-11-10;1-9(2)3-4-10-5-7-11-8-6-10;1-7(2)3-4-8-5-9-6-10-8;1-7(2)3-6-10-8-4-5-9-10/h7-9H,5-6H2,1-4H3,(H,12,13);4-6,9H,7-8H2,1-3H3;9H,3-8H2,1-2H3;2*7-8H,5-6H2,1-4H3;7-8H,4-6H2,1-3H3,(H,11,12);3-5,8-9H,6-7H2,1-2H3;9H,3-8H2,1-2H3;5-7H,3-4H2,1-2H3;4-5,7H,3,6H2,1-2H3. The number of pyridine rings is 2. The van der Waals surface area contributed by atoms with Crippen LogP contribution in [0.1, 0.15) is 307 Å². The molecule has 2 aliphatic heterocycles. The van der Waals surface area contributed by atoms with Crippen molar-refractivity contribution in [3.63, 3.8) is 0 Å². The number of hydrogen-bond donors (Lipinski definition) is 2. The Kier molecular flexibility index (Phi) is 63.3. The van der Waals surface area contributed by atoms with Crippen molar-refractivity contribution < 1.29 is 18.0 Å². The number of thiazole rings is 4. The van der Waals surface area contributed by atoms with Gasteiger partial charge in [-0.1, -0.05) is 170 Å². The maximum atomic E-state index is 12.9. The molecule has 120 heavy (non-hydrogen) atoms. The average molecular weight is 1750 g/mol. The third-order valence-corrected chi connectivity index (χ3v) is 22.3. The summed E-state index contributed by atoms with van der Waals surface area (Å²) in [4.78, 5) is 40.1. The molecule has 0 saturated carbocycles. The summed E-state index contributed by atoms with van der Waals surface area (Å²) >= 11 is 6.89. The van der Waals surface area contributed by atoms with Gasteiger partial charge in [-0.2, -0.15) is 20.0 Å². The Hall–Kier alpha value is -5.76. The number of morpholine rings is 1. The molecule has 10 rings (SSSR count). The number of piperidine rings is 1. The monoisotopic (exact) mass is 1750 g/mol. The Morgan fingerprint density at radius 1 is 0.483 bits per heavy atom. The van der Waals surface area contributed by atoms with Crippen molar-refractivity contribution >= 4 is 60.7 Å². The molecule has 0 amide bonds. The van der Waals surface area contributed by atoms with Crippen molar-refractivity contribution in [3.05, 3.63) is 134 Å². The van der Waals surface area contributed by atoms with Crippen molar-refractivity contribution in [2.24, 2.45) is 59.2 Å². The van der Waals surface area contributed by atoms with Crippen molar-refractivity contribution in [1.29, 1.82) is 0 Å². The Morgan fingerprint density at radius 3 is 1.42 bits per heavy atom. The predicted octanol–water partition coefficient (Wildman–Crippen LogP) is 26.1. The molecule has 0 radical (unpaired) electrons. The Bertz CT molecular complexity index is 3490. The summed E-state index contributed by atoms with van der Waals surface area (Å²) in [5.41, 5.74) is 9.15. The van der Waals surface area contributed by atoms with Crippen LogP contribution in [0.3, 0.4) is 0 Å². The SMILES string of the molecule is CC(C)CCN1CCCC(F)(F)C1.CC(C)CCN1CCOCC1.CC(C)CCc1ccccn1.CC(C)CCc1cncs1.CC(C)CCc1csc(N(C)C)n1.CC(C)CCc1csc(NC(C)C)n1.CC(C)CCc1nc(C(C)C)no1.CC(C)CCn1nccn1.CCNc1nc(CCC(C)C)cs1.Cc1cccc(CCC(C)C)n1. The van der Waals surface area contributed by atoms with E-state index in [0.717, 1.165) is 190 Å². The van der Waals surface area contributed by atoms with Crippen LogP contribution in [0.15, 0.2) is 87.4 Å². The first-order valence-corrected chi connectivity index (χ1v) is 49.1. The van der Waals surface area contributed by atoms with Crippen LogP contribution in [0.2, 0.25) is 0 Å². The number of halogens is 2. The van der Waals surface area contributed by atoms with Gasteiger partial charge in [0.15, 0.2) is 21.2 Å². The minimum absolute atomic E-state index is 0.0281. The molecule has 10 heterocycles. The highest BCUT2D eigenvalue weighted by Gasteiger charge is 2.34. The zero-order valence-electron chi connectivity index (χ0n) is 80.5. The topological polar surface area (TPSA) is 190 Å². The average Bonchev–Trinajstić information content (AvgIpc) is 1.39. The summed E-state index contributed by atoms with van der Waals surface area (Å²) in [5, 5.41) is 28.1. The molecule has 2 N–H and O–H groups in total. The lowest BCUT2D eigenvalue weighted by Crippen LogP contribution is -2.43. The third-order valence-electron chi connectivity index (χ3n) is 18.7. The van der Waals surface area contributed by atoms with Crippen LogP contribution < -0.4 is 15.5 Å². The largest absolute Gasteiger partial charge is 0.379 e. The molecule has 0 unspecified atom stereocenters. The molecular weight excluding hydrogens is 1580 g/mol. The lowest BCUT2D eigenvalue weighted by atomic mass is 10.1. The highest BCUT2D eigenvalue weighted by Crippen LogP contribution is 2.28. The summed E-state index contributed by atoms with van der Waals surface area (Å²) in [6, 6.07) is 12.8.